The fraction of sp³-hybridized carbons (Fsp3) is 0.656. The third kappa shape index (κ3) is 5.92. The molecule has 5 aliphatic rings. The highest BCUT2D eigenvalue weighted by atomic mass is 16.7. The summed E-state index contributed by atoms with van der Waals surface area (Å²) < 4.78 is 13.3. The molecule has 0 radical (unpaired) electrons. The smallest absolute Gasteiger partial charge is 0.404 e. The molecule has 3 aliphatic carbocycles. The molecular formula is C32H45BN4O4. The second-order valence-electron chi connectivity index (χ2n) is 14.3. The van der Waals surface area contributed by atoms with E-state index in [9.17, 15) is 14.9 Å². The van der Waals surface area contributed by atoms with E-state index in [-0.39, 0.29) is 52.0 Å². The van der Waals surface area contributed by atoms with Crippen molar-refractivity contribution in [3.05, 3.63) is 47.5 Å². The first-order valence-electron chi connectivity index (χ1n) is 15.2. The molecule has 3 saturated carbocycles. The molecule has 3 amide bonds. The van der Waals surface area contributed by atoms with Gasteiger partial charge in [0.1, 0.15) is 11.6 Å². The Morgan fingerprint density at radius 2 is 1.95 bits per heavy atom. The Balaban J connectivity index is 1.24. The maximum Gasteiger partial charge on any atom is 0.482 e. The monoisotopic (exact) mass is 560 g/mol. The zero-order valence-corrected chi connectivity index (χ0v) is 25.4. The van der Waals surface area contributed by atoms with Crippen LogP contribution in [0.15, 0.2) is 42.0 Å². The highest BCUT2D eigenvalue weighted by molar-refractivity contribution is 6.48. The minimum Gasteiger partial charge on any atom is -0.404 e. The predicted molar refractivity (Wildman–Crippen MR) is 158 cm³/mol. The van der Waals surface area contributed by atoms with Crippen LogP contribution in [-0.2, 0) is 20.5 Å². The standard InChI is InChI=1S/C32H45BN4O4/c1-30(2,3)18-22(19-34)28(38)37-14-10-13-24(37)20-35-29(39)36-27(15-21-11-8-7-9-12-21)33-40-26-17-23-16-25(31(23,4)5)32(26,6)41-33/h7-9,11-12,18,23-27H,10,13-17,20H2,1-6H3,(H2,35,36,39)/b22-18+/t23-,24-,25-,26+,27-,32-/m0/s1. The Hall–Kier alpha value is -2.83. The first-order valence-corrected chi connectivity index (χ1v) is 15.2. The van der Waals surface area contributed by atoms with Crippen molar-refractivity contribution in [3.8, 4) is 6.07 Å². The van der Waals surface area contributed by atoms with Crippen molar-refractivity contribution in [2.24, 2.45) is 22.7 Å². The number of amides is 3. The van der Waals surface area contributed by atoms with E-state index in [1.165, 1.54) is 6.42 Å². The number of urea groups is 1. The number of nitriles is 1. The molecule has 41 heavy (non-hydrogen) atoms. The van der Waals surface area contributed by atoms with Crippen LogP contribution in [0.3, 0.4) is 0 Å². The van der Waals surface area contributed by atoms with E-state index in [1.807, 2.05) is 39.0 Å². The third-order valence-electron chi connectivity index (χ3n) is 9.98. The van der Waals surface area contributed by atoms with Gasteiger partial charge in [-0.1, -0.05) is 71.0 Å². The minimum absolute atomic E-state index is 0.0287. The Morgan fingerprint density at radius 3 is 2.61 bits per heavy atom. The average molecular weight is 561 g/mol. The van der Waals surface area contributed by atoms with Crippen LogP contribution in [0.4, 0.5) is 4.79 Å². The number of carbonyl (C=O) groups is 2. The van der Waals surface area contributed by atoms with Gasteiger partial charge >= 0.3 is 13.1 Å². The van der Waals surface area contributed by atoms with Gasteiger partial charge in [-0.15, -0.1) is 0 Å². The molecule has 0 aromatic heterocycles. The van der Waals surface area contributed by atoms with Gasteiger partial charge in [0.25, 0.3) is 5.91 Å². The zero-order valence-electron chi connectivity index (χ0n) is 25.4. The molecule has 8 nitrogen and oxygen atoms in total. The summed E-state index contributed by atoms with van der Waals surface area (Å²) in [6, 6.07) is 11.7. The molecule has 0 unspecified atom stereocenters. The second-order valence-corrected chi connectivity index (χ2v) is 14.3. The van der Waals surface area contributed by atoms with Gasteiger partial charge in [-0.2, -0.15) is 5.26 Å². The molecule has 9 heteroatoms. The van der Waals surface area contributed by atoms with Crippen molar-refractivity contribution in [1.82, 2.24) is 15.5 Å². The number of carbonyl (C=O) groups excluding carboxylic acids is 2. The topological polar surface area (TPSA) is 104 Å². The van der Waals surface area contributed by atoms with Crippen molar-refractivity contribution >= 4 is 19.1 Å². The summed E-state index contributed by atoms with van der Waals surface area (Å²) in [7, 11) is -0.545. The van der Waals surface area contributed by atoms with Gasteiger partial charge in [0, 0.05) is 19.1 Å². The van der Waals surface area contributed by atoms with E-state index < -0.39 is 7.12 Å². The summed E-state index contributed by atoms with van der Waals surface area (Å²) in [6.45, 7) is 13.7. The van der Waals surface area contributed by atoms with Gasteiger partial charge in [0.2, 0.25) is 0 Å². The van der Waals surface area contributed by atoms with Gasteiger partial charge in [0.05, 0.1) is 17.6 Å². The third-order valence-corrected chi connectivity index (χ3v) is 9.98. The summed E-state index contributed by atoms with van der Waals surface area (Å²) in [5, 5.41) is 15.8. The van der Waals surface area contributed by atoms with Crippen molar-refractivity contribution in [1.29, 1.82) is 5.26 Å². The highest BCUT2D eigenvalue weighted by Crippen LogP contribution is 2.65. The fourth-order valence-electron chi connectivity index (χ4n) is 7.63. The fourth-order valence-corrected chi connectivity index (χ4v) is 7.63. The van der Waals surface area contributed by atoms with Crippen LogP contribution in [0.2, 0.25) is 0 Å². The van der Waals surface area contributed by atoms with E-state index in [0.29, 0.717) is 31.3 Å². The molecule has 2 N–H and O–H groups in total. The Labute approximate surface area is 245 Å². The van der Waals surface area contributed by atoms with Gasteiger partial charge in [-0.05, 0) is 67.3 Å². The minimum atomic E-state index is -0.545. The first kappa shape index (κ1) is 29.7. The molecule has 1 aromatic rings. The first-order chi connectivity index (χ1) is 19.3. The number of nitrogens with zero attached hydrogens (tertiary/aromatic N) is 2. The number of rotatable bonds is 7. The number of likely N-dealkylation sites (tertiary alicyclic amines) is 1. The van der Waals surface area contributed by atoms with Crippen LogP contribution < -0.4 is 10.6 Å². The second kappa shape index (κ2) is 11.1. The number of allylic oxidation sites excluding steroid dienone is 1. The van der Waals surface area contributed by atoms with E-state index in [1.54, 1.807) is 11.0 Å². The van der Waals surface area contributed by atoms with Gasteiger partial charge in [-0.25, -0.2) is 4.79 Å². The maximum absolute atomic E-state index is 13.3. The van der Waals surface area contributed by atoms with E-state index >= 15 is 0 Å². The number of nitrogens with one attached hydrogen (secondary N) is 2. The summed E-state index contributed by atoms with van der Waals surface area (Å²) in [5.74, 6) is 0.445. The number of benzene rings is 1. The molecule has 2 bridgehead atoms. The number of hydrogen-bond donors (Lipinski definition) is 2. The largest absolute Gasteiger partial charge is 0.482 e. The molecule has 2 aliphatic heterocycles. The van der Waals surface area contributed by atoms with Gasteiger partial charge < -0.3 is 24.8 Å². The van der Waals surface area contributed by atoms with Gasteiger partial charge in [0.15, 0.2) is 0 Å². The zero-order chi connectivity index (χ0) is 29.6. The van der Waals surface area contributed by atoms with Crippen LogP contribution >= 0.6 is 0 Å². The van der Waals surface area contributed by atoms with Gasteiger partial charge in [-0.3, -0.25) is 4.79 Å². The lowest BCUT2D eigenvalue weighted by Gasteiger charge is -2.64. The van der Waals surface area contributed by atoms with E-state index in [2.05, 4.69) is 49.6 Å². The van der Waals surface area contributed by atoms with Crippen molar-refractivity contribution in [3.63, 3.8) is 0 Å². The van der Waals surface area contributed by atoms with Crippen molar-refractivity contribution in [2.45, 2.75) is 97.3 Å². The lowest BCUT2D eigenvalue weighted by molar-refractivity contribution is -0.199. The predicted octanol–water partition coefficient (Wildman–Crippen LogP) is 4.65. The molecule has 6 rings (SSSR count). The molecule has 2 saturated heterocycles. The highest BCUT2D eigenvalue weighted by Gasteiger charge is 2.68. The van der Waals surface area contributed by atoms with Crippen LogP contribution in [0.25, 0.3) is 0 Å². The van der Waals surface area contributed by atoms with E-state index in [0.717, 1.165) is 24.8 Å². The number of hydrogen-bond acceptors (Lipinski definition) is 5. The SMILES string of the molecule is CC(C)(C)/C=C(\C#N)C(=O)N1CCC[C@H]1CNC(=O)N[C@@H](Cc1ccccc1)B1O[C@@H]2C[C@@H]3C[C@@H](C3(C)C)[C@]2(C)O1. The molecule has 1 aromatic carbocycles. The Morgan fingerprint density at radius 1 is 1.22 bits per heavy atom. The van der Waals surface area contributed by atoms with E-state index in [4.69, 9.17) is 9.31 Å². The van der Waals surface area contributed by atoms with Crippen LogP contribution in [0.5, 0.6) is 0 Å². The average Bonchev–Trinajstić information content (AvgIpc) is 3.53. The lowest BCUT2D eigenvalue weighted by atomic mass is 9.43. The summed E-state index contributed by atoms with van der Waals surface area (Å²) >= 11 is 0. The van der Waals surface area contributed by atoms with Crippen LogP contribution in [0.1, 0.15) is 72.8 Å². The normalized spacial score (nSPS) is 31.1. The molecule has 2 heterocycles. The molecule has 0 spiro atoms. The maximum atomic E-state index is 13.3. The summed E-state index contributed by atoms with van der Waals surface area (Å²) in [5.41, 5.74) is 0.845. The Kier molecular flexibility index (Phi) is 8.04. The Bertz CT molecular complexity index is 1220. The summed E-state index contributed by atoms with van der Waals surface area (Å²) in [4.78, 5) is 28.2. The molecular weight excluding hydrogens is 515 g/mol. The van der Waals surface area contributed by atoms with Crippen LogP contribution in [0, 0.1) is 34.0 Å². The van der Waals surface area contributed by atoms with Crippen molar-refractivity contribution in [2.75, 3.05) is 13.1 Å². The van der Waals surface area contributed by atoms with Crippen LogP contribution in [-0.4, -0.2) is 60.7 Å². The molecule has 6 atom stereocenters. The quantitative estimate of drug-likeness (QED) is 0.287. The lowest BCUT2D eigenvalue weighted by Crippen LogP contribution is -2.65. The molecule has 5 fully saturated rings. The van der Waals surface area contributed by atoms with Crippen molar-refractivity contribution < 1.29 is 18.9 Å². The summed E-state index contributed by atoms with van der Waals surface area (Å²) in [6.07, 6.45) is 6.11. The molecule has 220 valence electrons.